The van der Waals surface area contributed by atoms with Gasteiger partial charge in [-0.3, -0.25) is 14.4 Å². The number of benzene rings is 1. The van der Waals surface area contributed by atoms with Gasteiger partial charge < -0.3 is 14.2 Å². The number of fused-ring (bicyclic) bond motifs is 1. The first-order chi connectivity index (χ1) is 17.6. The molecule has 0 radical (unpaired) electrons. The topological polar surface area (TPSA) is 107 Å². The molecular weight excluding hydrogens is 480 g/mol. The van der Waals surface area contributed by atoms with Crippen molar-refractivity contribution >= 4 is 22.9 Å². The molecule has 9 nitrogen and oxygen atoms in total. The normalized spacial score (nSPS) is 15.2. The van der Waals surface area contributed by atoms with E-state index in [1.165, 1.54) is 0 Å². The van der Waals surface area contributed by atoms with Gasteiger partial charge in [0.2, 0.25) is 0 Å². The van der Waals surface area contributed by atoms with Gasteiger partial charge in [-0.1, -0.05) is 12.1 Å². The van der Waals surface area contributed by atoms with Crippen molar-refractivity contribution in [2.24, 2.45) is 0 Å². The van der Waals surface area contributed by atoms with Gasteiger partial charge in [0.15, 0.2) is 0 Å². The van der Waals surface area contributed by atoms with E-state index in [2.05, 4.69) is 5.38 Å². The standard InChI is InChI=1S/C26H28N4O5S/c1-17-23(30-15-20(35-14-13-33-2)7-8-22(30)27-17)21-16-36-25(28-21)26(9-11-34-12-10-26)19-5-3-18(4-6-19)24(31)29-32/h3-8,15-16,32H,9-14H2,1-2H3,(H,29,31). The fourth-order valence-electron chi connectivity index (χ4n) is 4.73. The first kappa shape index (κ1) is 24.4. The van der Waals surface area contributed by atoms with Crippen LogP contribution in [0.4, 0.5) is 0 Å². The van der Waals surface area contributed by atoms with Gasteiger partial charge in [-0.15, -0.1) is 11.3 Å². The van der Waals surface area contributed by atoms with Crippen LogP contribution in [0.5, 0.6) is 5.75 Å². The minimum Gasteiger partial charge on any atom is -0.490 e. The number of carbonyl (C=O) groups is 1. The lowest BCUT2D eigenvalue weighted by Gasteiger charge is -2.36. The molecule has 1 aliphatic rings. The Morgan fingerprint density at radius 3 is 2.67 bits per heavy atom. The molecule has 0 aliphatic carbocycles. The summed E-state index contributed by atoms with van der Waals surface area (Å²) in [5.41, 5.74) is 6.34. The summed E-state index contributed by atoms with van der Waals surface area (Å²) in [4.78, 5) is 21.7. The van der Waals surface area contributed by atoms with E-state index in [9.17, 15) is 4.79 Å². The van der Waals surface area contributed by atoms with Gasteiger partial charge in [-0.05, 0) is 49.6 Å². The van der Waals surface area contributed by atoms with Crippen LogP contribution < -0.4 is 10.2 Å². The Kier molecular flexibility index (Phi) is 7.01. The number of amides is 1. The van der Waals surface area contributed by atoms with Crippen LogP contribution in [0.25, 0.3) is 17.0 Å². The lowest BCUT2D eigenvalue weighted by Crippen LogP contribution is -2.35. The monoisotopic (exact) mass is 508 g/mol. The van der Waals surface area contributed by atoms with Crippen LogP contribution in [0, 0.1) is 6.92 Å². The molecule has 5 rings (SSSR count). The summed E-state index contributed by atoms with van der Waals surface area (Å²) >= 11 is 1.63. The zero-order valence-electron chi connectivity index (χ0n) is 20.2. The third kappa shape index (κ3) is 4.48. The lowest BCUT2D eigenvalue weighted by molar-refractivity contribution is 0.0629. The average Bonchev–Trinajstić information content (AvgIpc) is 3.52. The SMILES string of the molecule is COCCOc1ccc2nc(C)c(-c3csc(C4(c5ccc(C(=O)NO)cc5)CCOCC4)n3)n2c1. The Balaban J connectivity index is 1.53. The molecule has 0 bridgehead atoms. The second kappa shape index (κ2) is 10.4. The fraction of sp³-hybridized carbons (Fsp3) is 0.346. The molecular formula is C26H28N4O5S. The summed E-state index contributed by atoms with van der Waals surface area (Å²) in [5, 5.41) is 12.0. The first-order valence-electron chi connectivity index (χ1n) is 11.8. The number of rotatable bonds is 8. The molecule has 1 fully saturated rings. The summed E-state index contributed by atoms with van der Waals surface area (Å²) in [6.45, 7) is 4.23. The highest BCUT2D eigenvalue weighted by molar-refractivity contribution is 7.10. The van der Waals surface area contributed by atoms with E-state index in [1.807, 2.05) is 41.8 Å². The molecule has 188 valence electrons. The first-order valence-corrected chi connectivity index (χ1v) is 12.6. The summed E-state index contributed by atoms with van der Waals surface area (Å²) in [5.74, 6) is 0.203. The number of methoxy groups -OCH3 is 1. The summed E-state index contributed by atoms with van der Waals surface area (Å²) in [6, 6.07) is 11.2. The largest absolute Gasteiger partial charge is 0.490 e. The highest BCUT2D eigenvalue weighted by Crippen LogP contribution is 2.44. The third-order valence-corrected chi connectivity index (χ3v) is 7.67. The molecule has 0 saturated carbocycles. The van der Waals surface area contributed by atoms with E-state index in [1.54, 1.807) is 36.1 Å². The average molecular weight is 509 g/mol. The van der Waals surface area contributed by atoms with Gasteiger partial charge in [0.05, 0.1) is 29.6 Å². The number of aryl methyl sites for hydroxylation is 1. The van der Waals surface area contributed by atoms with Gasteiger partial charge in [0, 0.05) is 31.3 Å². The molecule has 1 saturated heterocycles. The predicted molar refractivity (Wildman–Crippen MR) is 135 cm³/mol. The van der Waals surface area contributed by atoms with E-state index >= 15 is 0 Å². The number of thiazole rings is 1. The van der Waals surface area contributed by atoms with Gasteiger partial charge in [0.1, 0.15) is 28.7 Å². The zero-order valence-corrected chi connectivity index (χ0v) is 21.0. The Morgan fingerprint density at radius 2 is 1.94 bits per heavy atom. The van der Waals surface area contributed by atoms with Gasteiger partial charge >= 0.3 is 0 Å². The number of hydrogen-bond acceptors (Lipinski definition) is 8. The molecule has 10 heteroatoms. The molecule has 0 atom stereocenters. The van der Waals surface area contributed by atoms with Crippen molar-refractivity contribution in [3.8, 4) is 17.1 Å². The molecule has 0 spiro atoms. The molecule has 0 unspecified atom stereocenters. The Bertz CT molecular complexity index is 1360. The van der Waals surface area contributed by atoms with Crippen LogP contribution in [0.1, 0.15) is 39.5 Å². The number of aromatic nitrogens is 3. The van der Waals surface area contributed by atoms with Crippen molar-refractivity contribution in [2.75, 3.05) is 33.5 Å². The van der Waals surface area contributed by atoms with E-state index < -0.39 is 5.91 Å². The van der Waals surface area contributed by atoms with Crippen molar-refractivity contribution in [3.63, 3.8) is 0 Å². The van der Waals surface area contributed by atoms with Crippen LogP contribution in [-0.4, -0.2) is 59.0 Å². The summed E-state index contributed by atoms with van der Waals surface area (Å²) in [7, 11) is 1.65. The highest BCUT2D eigenvalue weighted by Gasteiger charge is 2.39. The number of ether oxygens (including phenoxy) is 3. The van der Waals surface area contributed by atoms with Crippen molar-refractivity contribution in [2.45, 2.75) is 25.2 Å². The minimum absolute atomic E-state index is 0.321. The van der Waals surface area contributed by atoms with Gasteiger partial charge in [-0.2, -0.15) is 0 Å². The van der Waals surface area contributed by atoms with Crippen LogP contribution >= 0.6 is 11.3 Å². The van der Waals surface area contributed by atoms with Gasteiger partial charge in [-0.25, -0.2) is 15.4 Å². The summed E-state index contributed by atoms with van der Waals surface area (Å²) in [6.07, 6.45) is 3.51. The number of pyridine rings is 1. The van der Waals surface area contributed by atoms with Crippen LogP contribution in [0.3, 0.4) is 0 Å². The van der Waals surface area contributed by atoms with Crippen molar-refractivity contribution in [1.29, 1.82) is 0 Å². The van der Waals surface area contributed by atoms with Crippen LogP contribution in [0.15, 0.2) is 48.0 Å². The van der Waals surface area contributed by atoms with E-state index in [-0.39, 0.29) is 5.41 Å². The molecule has 2 N–H and O–H groups in total. The smallest absolute Gasteiger partial charge is 0.274 e. The number of carbonyl (C=O) groups excluding carboxylic acids is 1. The maximum Gasteiger partial charge on any atom is 0.274 e. The predicted octanol–water partition coefficient (Wildman–Crippen LogP) is 4.01. The molecule has 1 aromatic carbocycles. The van der Waals surface area contributed by atoms with Crippen molar-refractivity contribution in [1.82, 2.24) is 19.8 Å². The third-order valence-electron chi connectivity index (χ3n) is 6.63. The van der Waals surface area contributed by atoms with Crippen LogP contribution in [-0.2, 0) is 14.9 Å². The number of nitrogens with zero attached hydrogens (tertiary/aromatic N) is 3. The lowest BCUT2D eigenvalue weighted by atomic mass is 9.74. The van der Waals surface area contributed by atoms with Crippen molar-refractivity contribution < 1.29 is 24.2 Å². The Morgan fingerprint density at radius 1 is 1.17 bits per heavy atom. The maximum atomic E-state index is 11.8. The number of hydroxylamine groups is 1. The molecule has 4 heterocycles. The molecule has 4 aromatic rings. The second-order valence-corrected chi connectivity index (χ2v) is 9.59. The minimum atomic E-state index is -0.534. The number of nitrogens with one attached hydrogen (secondary N) is 1. The molecule has 3 aromatic heterocycles. The quantitative estimate of drug-likeness (QED) is 0.210. The zero-order chi connectivity index (χ0) is 25.1. The second-order valence-electron chi connectivity index (χ2n) is 8.73. The maximum absolute atomic E-state index is 11.8. The summed E-state index contributed by atoms with van der Waals surface area (Å²) < 4.78 is 18.6. The van der Waals surface area contributed by atoms with Crippen LogP contribution in [0.2, 0.25) is 0 Å². The van der Waals surface area contributed by atoms with E-state index in [0.717, 1.165) is 51.9 Å². The molecule has 1 aliphatic heterocycles. The fourth-order valence-corrected chi connectivity index (χ4v) is 5.82. The van der Waals surface area contributed by atoms with E-state index in [4.69, 9.17) is 29.4 Å². The Hall–Kier alpha value is -3.31. The Labute approximate surface area is 212 Å². The number of imidazole rings is 1. The van der Waals surface area contributed by atoms with E-state index in [0.29, 0.717) is 32.0 Å². The molecule has 36 heavy (non-hydrogen) atoms. The molecule has 1 amide bonds. The number of hydrogen-bond donors (Lipinski definition) is 2. The van der Waals surface area contributed by atoms with Gasteiger partial charge in [0.25, 0.3) is 5.91 Å². The highest BCUT2D eigenvalue weighted by atomic mass is 32.1. The van der Waals surface area contributed by atoms with Crippen molar-refractivity contribution in [3.05, 3.63) is 69.8 Å².